The number of carbonyl (C=O) groups is 2. The number of carboxylic acid groups (broad SMARTS) is 1. The number of aliphatic carboxylic acids is 1. The van der Waals surface area contributed by atoms with Crippen LogP contribution < -0.4 is 5.32 Å². The number of rotatable bonds is 7. The second kappa shape index (κ2) is 8.37. The number of alkyl halides is 3. The molecular formula is C14H23F3N2O4. The molecule has 0 aromatic heterocycles. The van der Waals surface area contributed by atoms with Crippen LogP contribution in [0.25, 0.3) is 0 Å². The summed E-state index contributed by atoms with van der Waals surface area (Å²) < 4.78 is 43.8. The molecule has 23 heavy (non-hydrogen) atoms. The Labute approximate surface area is 133 Å². The predicted octanol–water partition coefficient (Wildman–Crippen LogP) is 2.10. The Balaban J connectivity index is 2.38. The Morgan fingerprint density at radius 1 is 1.30 bits per heavy atom. The van der Waals surface area contributed by atoms with Gasteiger partial charge in [-0.15, -0.1) is 0 Å². The summed E-state index contributed by atoms with van der Waals surface area (Å²) in [6.45, 7) is 3.63. The fourth-order valence-electron chi connectivity index (χ4n) is 2.40. The second-order valence-corrected chi connectivity index (χ2v) is 5.86. The van der Waals surface area contributed by atoms with E-state index in [0.717, 1.165) is 11.3 Å². The highest BCUT2D eigenvalue weighted by atomic mass is 19.4. The highest BCUT2D eigenvalue weighted by Crippen LogP contribution is 2.37. The van der Waals surface area contributed by atoms with E-state index in [4.69, 9.17) is 9.84 Å². The average Bonchev–Trinajstić information content (AvgIpc) is 2.87. The molecule has 0 aliphatic carbocycles. The van der Waals surface area contributed by atoms with E-state index in [-0.39, 0.29) is 6.10 Å². The molecule has 1 rings (SSSR count). The lowest BCUT2D eigenvalue weighted by Gasteiger charge is -2.18. The smallest absolute Gasteiger partial charge is 0.394 e. The lowest BCUT2D eigenvalue weighted by atomic mass is 9.96. The van der Waals surface area contributed by atoms with E-state index in [1.165, 1.54) is 0 Å². The van der Waals surface area contributed by atoms with Gasteiger partial charge in [0.1, 0.15) is 0 Å². The number of urea groups is 1. The van der Waals surface area contributed by atoms with Crippen molar-refractivity contribution in [2.75, 3.05) is 26.2 Å². The molecular weight excluding hydrogens is 317 g/mol. The zero-order chi connectivity index (χ0) is 17.6. The number of hydrogen-bond acceptors (Lipinski definition) is 3. The summed E-state index contributed by atoms with van der Waals surface area (Å²) in [7, 11) is 0. The quantitative estimate of drug-likeness (QED) is 0.696. The Morgan fingerprint density at radius 3 is 2.43 bits per heavy atom. The van der Waals surface area contributed by atoms with Gasteiger partial charge in [0, 0.05) is 26.2 Å². The molecule has 0 unspecified atom stereocenters. The molecule has 2 N–H and O–H groups in total. The van der Waals surface area contributed by atoms with Gasteiger partial charge in [-0.3, -0.25) is 4.79 Å². The minimum atomic E-state index is -4.63. The molecule has 0 saturated carbocycles. The van der Waals surface area contributed by atoms with Crippen molar-refractivity contribution >= 4 is 12.0 Å². The maximum atomic E-state index is 12.8. The molecule has 2 amide bonds. The van der Waals surface area contributed by atoms with Crippen LogP contribution in [0, 0.1) is 11.8 Å². The molecule has 1 aliphatic heterocycles. The normalized spacial score (nSPS) is 21.7. The topological polar surface area (TPSA) is 78.9 Å². The number of likely N-dealkylation sites (tertiary alicyclic amines) is 1. The molecule has 2 atom stereocenters. The van der Waals surface area contributed by atoms with Crippen molar-refractivity contribution in [1.29, 1.82) is 0 Å². The number of unbranched alkanes of at least 4 members (excludes halogenated alkanes) is 1. The van der Waals surface area contributed by atoms with Crippen molar-refractivity contribution in [2.24, 2.45) is 11.8 Å². The zero-order valence-corrected chi connectivity index (χ0v) is 13.2. The lowest BCUT2D eigenvalue weighted by Crippen LogP contribution is -2.40. The van der Waals surface area contributed by atoms with Crippen molar-refractivity contribution in [2.45, 2.75) is 39.0 Å². The Hall–Kier alpha value is -1.51. The fraction of sp³-hybridized carbons (Fsp3) is 0.857. The monoisotopic (exact) mass is 340 g/mol. The summed E-state index contributed by atoms with van der Waals surface area (Å²) in [5.74, 6) is -5.17. The van der Waals surface area contributed by atoms with Crippen LogP contribution in [0.1, 0.15) is 26.7 Å². The second-order valence-electron chi connectivity index (χ2n) is 5.86. The molecule has 1 aliphatic rings. The third-order valence-electron chi connectivity index (χ3n) is 3.64. The summed E-state index contributed by atoms with van der Waals surface area (Å²) in [5, 5.41) is 11.4. The van der Waals surface area contributed by atoms with E-state index in [2.05, 4.69) is 5.32 Å². The van der Waals surface area contributed by atoms with Gasteiger partial charge in [0.2, 0.25) is 0 Å². The van der Waals surface area contributed by atoms with E-state index >= 15 is 0 Å². The van der Waals surface area contributed by atoms with Gasteiger partial charge >= 0.3 is 18.2 Å². The summed E-state index contributed by atoms with van der Waals surface area (Å²) in [4.78, 5) is 23.7. The van der Waals surface area contributed by atoms with Gasteiger partial charge in [-0.05, 0) is 26.7 Å². The molecule has 0 radical (unpaired) electrons. The lowest BCUT2D eigenvalue weighted by molar-refractivity contribution is -0.187. The van der Waals surface area contributed by atoms with Crippen molar-refractivity contribution in [1.82, 2.24) is 10.2 Å². The first kappa shape index (κ1) is 19.5. The summed E-state index contributed by atoms with van der Waals surface area (Å²) in [6, 6.07) is -0.659. The van der Waals surface area contributed by atoms with Crippen molar-refractivity contribution < 1.29 is 32.6 Å². The summed E-state index contributed by atoms with van der Waals surface area (Å²) in [6.07, 6.45) is -3.15. The van der Waals surface area contributed by atoms with Crippen LogP contribution in [0.2, 0.25) is 0 Å². The number of carbonyl (C=O) groups excluding carboxylic acids is 1. The first-order chi connectivity index (χ1) is 10.6. The van der Waals surface area contributed by atoms with Crippen LogP contribution in [0.15, 0.2) is 0 Å². The van der Waals surface area contributed by atoms with E-state index in [1.54, 1.807) is 0 Å². The molecule has 1 heterocycles. The van der Waals surface area contributed by atoms with Gasteiger partial charge in [-0.2, -0.15) is 13.2 Å². The first-order valence-electron chi connectivity index (χ1n) is 7.56. The van der Waals surface area contributed by atoms with Crippen LogP contribution in [0.4, 0.5) is 18.0 Å². The average molecular weight is 340 g/mol. The van der Waals surface area contributed by atoms with Gasteiger partial charge in [0.25, 0.3) is 0 Å². The SMILES string of the molecule is CC(C)OCCCCNC(=O)N1C[C@@H](C(F)(F)F)[C@H](C(=O)O)C1. The largest absolute Gasteiger partial charge is 0.481 e. The number of halogens is 3. The van der Waals surface area contributed by atoms with Crippen LogP contribution in [-0.4, -0.2) is 60.5 Å². The summed E-state index contributed by atoms with van der Waals surface area (Å²) in [5.41, 5.74) is 0. The molecule has 6 nitrogen and oxygen atoms in total. The van der Waals surface area contributed by atoms with Gasteiger partial charge < -0.3 is 20.1 Å². The third kappa shape index (κ3) is 6.25. The van der Waals surface area contributed by atoms with Gasteiger partial charge in [0.15, 0.2) is 0 Å². The van der Waals surface area contributed by atoms with Crippen LogP contribution in [0.3, 0.4) is 0 Å². The van der Waals surface area contributed by atoms with Gasteiger partial charge in [0.05, 0.1) is 17.9 Å². The number of carboxylic acids is 1. The standard InChI is InChI=1S/C14H23F3N2O4/c1-9(2)23-6-4-3-5-18-13(22)19-7-10(12(20)21)11(8-19)14(15,16)17/h9-11H,3-8H2,1-2H3,(H,18,22)(H,20,21)/t10-,11-/m1/s1. The van der Waals surface area contributed by atoms with Crippen LogP contribution in [0.5, 0.6) is 0 Å². The molecule has 0 bridgehead atoms. The van der Waals surface area contributed by atoms with Crippen molar-refractivity contribution in [3.63, 3.8) is 0 Å². The van der Waals surface area contributed by atoms with E-state index in [1.807, 2.05) is 13.8 Å². The number of nitrogens with zero attached hydrogens (tertiary/aromatic N) is 1. The maximum absolute atomic E-state index is 12.8. The molecule has 0 aromatic carbocycles. The zero-order valence-electron chi connectivity index (χ0n) is 13.2. The summed E-state index contributed by atoms with van der Waals surface area (Å²) >= 11 is 0. The van der Waals surface area contributed by atoms with E-state index in [0.29, 0.717) is 19.6 Å². The fourth-order valence-corrected chi connectivity index (χ4v) is 2.40. The number of hydrogen-bond donors (Lipinski definition) is 2. The van der Waals surface area contributed by atoms with Crippen LogP contribution >= 0.6 is 0 Å². The van der Waals surface area contributed by atoms with E-state index in [9.17, 15) is 22.8 Å². The predicted molar refractivity (Wildman–Crippen MR) is 76.0 cm³/mol. The minimum Gasteiger partial charge on any atom is -0.481 e. The third-order valence-corrected chi connectivity index (χ3v) is 3.64. The van der Waals surface area contributed by atoms with Crippen molar-refractivity contribution in [3.8, 4) is 0 Å². The number of nitrogens with one attached hydrogen (secondary N) is 1. The Morgan fingerprint density at radius 2 is 1.96 bits per heavy atom. The number of amides is 2. The van der Waals surface area contributed by atoms with E-state index < -0.39 is 43.1 Å². The molecule has 0 aromatic rings. The molecule has 134 valence electrons. The Bertz CT molecular complexity index is 415. The molecule has 1 saturated heterocycles. The molecule has 9 heteroatoms. The highest BCUT2D eigenvalue weighted by molar-refractivity contribution is 5.77. The Kier molecular flexibility index (Phi) is 7.11. The maximum Gasteiger partial charge on any atom is 0.394 e. The molecule has 1 fully saturated rings. The van der Waals surface area contributed by atoms with Gasteiger partial charge in [-0.1, -0.05) is 0 Å². The number of ether oxygens (including phenoxy) is 1. The van der Waals surface area contributed by atoms with Crippen LogP contribution in [-0.2, 0) is 9.53 Å². The first-order valence-corrected chi connectivity index (χ1v) is 7.56. The minimum absolute atomic E-state index is 0.126. The van der Waals surface area contributed by atoms with Gasteiger partial charge in [-0.25, -0.2) is 4.79 Å². The highest BCUT2D eigenvalue weighted by Gasteiger charge is 2.53. The van der Waals surface area contributed by atoms with Crippen molar-refractivity contribution in [3.05, 3.63) is 0 Å². The molecule has 0 spiro atoms.